The molecular weight excluding hydrogens is 430 g/mol. The number of aromatic nitrogens is 2. The van der Waals surface area contributed by atoms with Crippen LogP contribution in [-0.4, -0.2) is 29.1 Å². The highest BCUT2D eigenvalue weighted by Gasteiger charge is 2.25. The quantitative estimate of drug-likeness (QED) is 0.519. The van der Waals surface area contributed by atoms with Crippen LogP contribution in [0.25, 0.3) is 11.3 Å². The zero-order valence-corrected chi connectivity index (χ0v) is 18.1. The Kier molecular flexibility index (Phi) is 6.39. The summed E-state index contributed by atoms with van der Waals surface area (Å²) in [5, 5.41) is 7.09. The summed E-state index contributed by atoms with van der Waals surface area (Å²) in [6.07, 6.45) is 4.56. The van der Waals surface area contributed by atoms with Crippen LogP contribution in [0.4, 0.5) is 14.6 Å². The van der Waals surface area contributed by atoms with E-state index < -0.39 is 17.5 Å². The third-order valence-electron chi connectivity index (χ3n) is 5.92. The Bertz CT molecular complexity index is 1200. The van der Waals surface area contributed by atoms with E-state index in [1.54, 1.807) is 10.7 Å². The summed E-state index contributed by atoms with van der Waals surface area (Å²) in [5.74, 6) is -1.25. The second-order valence-electron chi connectivity index (χ2n) is 7.99. The van der Waals surface area contributed by atoms with E-state index in [0.717, 1.165) is 31.7 Å². The Balaban J connectivity index is 1.55. The molecule has 0 spiro atoms. The van der Waals surface area contributed by atoms with E-state index in [1.165, 1.54) is 31.4 Å². The smallest absolute Gasteiger partial charge is 0.255 e. The average molecular weight is 454 g/mol. The maximum absolute atomic E-state index is 15.0. The Morgan fingerprint density at radius 3 is 2.67 bits per heavy atom. The Labute approximate surface area is 189 Å². The van der Waals surface area contributed by atoms with Gasteiger partial charge in [-0.15, -0.1) is 0 Å². The highest BCUT2D eigenvalue weighted by molar-refractivity contribution is 5.97. The molecule has 1 amide bonds. The lowest BCUT2D eigenvalue weighted by molar-refractivity contribution is 0.0947. The fraction of sp³-hybridized carbons (Fsp3) is 0.292. The largest absolute Gasteiger partial charge is 0.496 e. The van der Waals surface area contributed by atoms with Crippen LogP contribution in [0.3, 0.4) is 0 Å². The van der Waals surface area contributed by atoms with Crippen LogP contribution in [0.1, 0.15) is 58.0 Å². The number of hydrogen-bond acceptors (Lipinski definition) is 5. The van der Waals surface area contributed by atoms with E-state index in [4.69, 9.17) is 10.5 Å². The van der Waals surface area contributed by atoms with E-state index >= 15 is 4.39 Å². The molecule has 1 aliphatic carbocycles. The number of aldehydes is 1. The minimum atomic E-state index is -0.593. The first-order valence-corrected chi connectivity index (χ1v) is 10.7. The summed E-state index contributed by atoms with van der Waals surface area (Å²) in [6.45, 7) is 0.00882. The Morgan fingerprint density at radius 2 is 2.00 bits per heavy atom. The van der Waals surface area contributed by atoms with Gasteiger partial charge in [-0.25, -0.2) is 13.5 Å². The lowest BCUT2D eigenvalue weighted by atomic mass is 10.0. The summed E-state index contributed by atoms with van der Waals surface area (Å²) >= 11 is 0. The lowest BCUT2D eigenvalue weighted by Crippen LogP contribution is -2.23. The predicted molar refractivity (Wildman–Crippen MR) is 119 cm³/mol. The van der Waals surface area contributed by atoms with Gasteiger partial charge in [0.15, 0.2) is 6.29 Å². The number of amides is 1. The minimum Gasteiger partial charge on any atom is -0.496 e. The maximum Gasteiger partial charge on any atom is 0.255 e. The molecule has 1 fully saturated rings. The van der Waals surface area contributed by atoms with Gasteiger partial charge in [-0.2, -0.15) is 5.10 Å². The molecule has 1 aromatic heterocycles. The molecule has 1 aliphatic rings. The SMILES string of the molecule is COc1ccc(F)cc1C(=O)NCc1ccc(-c2nn(C3CCCC3)c(N)c2C=O)c(F)c1. The molecule has 0 aliphatic heterocycles. The number of nitrogens with one attached hydrogen (secondary N) is 1. The van der Waals surface area contributed by atoms with E-state index in [1.807, 2.05) is 0 Å². The van der Waals surface area contributed by atoms with Crippen LogP contribution in [0.15, 0.2) is 36.4 Å². The summed E-state index contributed by atoms with van der Waals surface area (Å²) in [6, 6.07) is 8.13. The van der Waals surface area contributed by atoms with Crippen LogP contribution < -0.4 is 15.8 Å². The summed E-state index contributed by atoms with van der Waals surface area (Å²) in [7, 11) is 1.38. The van der Waals surface area contributed by atoms with Crippen molar-refractivity contribution in [1.82, 2.24) is 15.1 Å². The number of ether oxygens (including phenoxy) is 1. The first-order chi connectivity index (χ1) is 15.9. The molecule has 0 bridgehead atoms. The van der Waals surface area contributed by atoms with Crippen LogP contribution in [0, 0.1) is 11.6 Å². The van der Waals surface area contributed by atoms with E-state index in [-0.39, 0.29) is 46.5 Å². The molecule has 3 N–H and O–H groups in total. The molecule has 0 radical (unpaired) electrons. The van der Waals surface area contributed by atoms with Crippen molar-refractivity contribution in [2.24, 2.45) is 0 Å². The monoisotopic (exact) mass is 454 g/mol. The summed E-state index contributed by atoms with van der Waals surface area (Å²) in [5.41, 5.74) is 7.19. The van der Waals surface area contributed by atoms with Crippen molar-refractivity contribution in [3.05, 3.63) is 64.7 Å². The van der Waals surface area contributed by atoms with Gasteiger partial charge in [-0.3, -0.25) is 9.59 Å². The molecule has 0 saturated heterocycles. The highest BCUT2D eigenvalue weighted by Crippen LogP contribution is 2.35. The molecule has 0 unspecified atom stereocenters. The number of nitrogens with zero attached hydrogens (tertiary/aromatic N) is 2. The van der Waals surface area contributed by atoms with Crippen molar-refractivity contribution in [2.75, 3.05) is 12.8 Å². The Hall–Kier alpha value is -3.75. The van der Waals surface area contributed by atoms with Crippen LogP contribution in [0.2, 0.25) is 0 Å². The second kappa shape index (κ2) is 9.40. The molecule has 172 valence electrons. The topological polar surface area (TPSA) is 99.2 Å². The van der Waals surface area contributed by atoms with Crippen molar-refractivity contribution in [2.45, 2.75) is 38.3 Å². The number of rotatable bonds is 7. The molecule has 3 aromatic rings. The van der Waals surface area contributed by atoms with Gasteiger partial charge in [-0.1, -0.05) is 18.9 Å². The van der Waals surface area contributed by atoms with Gasteiger partial charge in [0, 0.05) is 12.1 Å². The molecule has 9 heteroatoms. The molecule has 1 heterocycles. The molecular formula is C24H24F2N4O3. The van der Waals surface area contributed by atoms with Crippen molar-refractivity contribution >= 4 is 18.0 Å². The fourth-order valence-electron chi connectivity index (χ4n) is 4.20. The number of methoxy groups -OCH3 is 1. The van der Waals surface area contributed by atoms with Gasteiger partial charge >= 0.3 is 0 Å². The second-order valence-corrected chi connectivity index (χ2v) is 7.99. The number of nitrogen functional groups attached to an aromatic ring is 1. The zero-order chi connectivity index (χ0) is 23.5. The van der Waals surface area contributed by atoms with Gasteiger partial charge in [0.05, 0.1) is 24.3 Å². The van der Waals surface area contributed by atoms with E-state index in [9.17, 15) is 14.0 Å². The van der Waals surface area contributed by atoms with Gasteiger partial charge in [-0.05, 0) is 48.7 Å². The summed E-state index contributed by atoms with van der Waals surface area (Å²) in [4.78, 5) is 24.1. The maximum atomic E-state index is 15.0. The third kappa shape index (κ3) is 4.44. The number of carbonyl (C=O) groups is 2. The molecule has 1 saturated carbocycles. The Morgan fingerprint density at radius 1 is 1.24 bits per heavy atom. The zero-order valence-electron chi connectivity index (χ0n) is 18.1. The standard InChI is InChI=1S/C24H24F2N4O3/c1-33-21-9-7-15(25)11-18(21)24(32)28-12-14-6-8-17(20(26)10-14)22-19(13-31)23(27)30(29-22)16-4-2-3-5-16/h6-11,13,16H,2-5,12,27H2,1H3,(H,28,32). The first-order valence-electron chi connectivity index (χ1n) is 10.7. The molecule has 2 aromatic carbocycles. The number of carbonyl (C=O) groups excluding carboxylic acids is 2. The van der Waals surface area contributed by atoms with Crippen LogP contribution in [0.5, 0.6) is 5.75 Å². The van der Waals surface area contributed by atoms with Crippen molar-refractivity contribution in [1.29, 1.82) is 0 Å². The van der Waals surface area contributed by atoms with E-state index in [0.29, 0.717) is 11.8 Å². The number of hydrogen-bond donors (Lipinski definition) is 2. The molecule has 4 rings (SSSR count). The van der Waals surface area contributed by atoms with Crippen molar-refractivity contribution in [3.8, 4) is 17.0 Å². The van der Waals surface area contributed by atoms with Gasteiger partial charge in [0.25, 0.3) is 5.91 Å². The molecule has 33 heavy (non-hydrogen) atoms. The van der Waals surface area contributed by atoms with Gasteiger partial charge in [0.2, 0.25) is 0 Å². The molecule has 7 nitrogen and oxygen atoms in total. The first kappa shape index (κ1) is 22.4. The highest BCUT2D eigenvalue weighted by atomic mass is 19.1. The van der Waals surface area contributed by atoms with Crippen molar-refractivity contribution < 1.29 is 23.1 Å². The lowest BCUT2D eigenvalue weighted by Gasteiger charge is -2.11. The van der Waals surface area contributed by atoms with E-state index in [2.05, 4.69) is 10.4 Å². The fourth-order valence-corrected chi connectivity index (χ4v) is 4.20. The predicted octanol–water partition coefficient (Wildman–Crippen LogP) is 4.28. The molecule has 0 atom stereocenters. The van der Waals surface area contributed by atoms with Gasteiger partial charge < -0.3 is 15.8 Å². The number of halogens is 2. The third-order valence-corrected chi connectivity index (χ3v) is 5.92. The number of nitrogens with two attached hydrogens (primary N) is 1. The number of anilines is 1. The van der Waals surface area contributed by atoms with Crippen LogP contribution >= 0.6 is 0 Å². The van der Waals surface area contributed by atoms with Crippen LogP contribution in [-0.2, 0) is 6.54 Å². The minimum absolute atomic E-state index is 0.00882. The number of benzene rings is 2. The average Bonchev–Trinajstić information content (AvgIpc) is 3.45. The van der Waals surface area contributed by atoms with Crippen molar-refractivity contribution in [3.63, 3.8) is 0 Å². The van der Waals surface area contributed by atoms with Gasteiger partial charge in [0.1, 0.15) is 28.9 Å². The summed E-state index contributed by atoms with van der Waals surface area (Å²) < 4.78 is 35.3. The normalized spacial score (nSPS) is 13.8.